The Balaban J connectivity index is 2.59. The second-order valence-electron chi connectivity index (χ2n) is 3.61. The van der Waals surface area contributed by atoms with Gasteiger partial charge in [-0.25, -0.2) is 0 Å². The molecule has 0 aliphatic heterocycles. The van der Waals surface area contributed by atoms with Crippen LogP contribution in [0.3, 0.4) is 0 Å². The lowest BCUT2D eigenvalue weighted by Crippen LogP contribution is -2.32. The molecule has 1 aromatic rings. The van der Waals surface area contributed by atoms with Crippen LogP contribution in [0, 0.1) is 11.3 Å². The summed E-state index contributed by atoms with van der Waals surface area (Å²) < 4.78 is 5.04. The van der Waals surface area contributed by atoms with Crippen molar-refractivity contribution in [1.29, 1.82) is 5.26 Å². The first kappa shape index (κ1) is 14.4. The van der Waals surface area contributed by atoms with Crippen LogP contribution in [0.1, 0.15) is 11.1 Å². The van der Waals surface area contributed by atoms with E-state index in [0.29, 0.717) is 22.8 Å². The van der Waals surface area contributed by atoms with Crippen molar-refractivity contribution in [2.24, 2.45) is 5.73 Å². The number of aliphatic carboxylic acids is 1. The zero-order valence-electron chi connectivity index (χ0n) is 9.92. The van der Waals surface area contributed by atoms with Gasteiger partial charge in [-0.15, -0.1) is 0 Å². The molecule has 1 aromatic carbocycles. The van der Waals surface area contributed by atoms with Crippen LogP contribution in [0.25, 0.3) is 0 Å². The van der Waals surface area contributed by atoms with Gasteiger partial charge < -0.3 is 15.6 Å². The molecular formula is C12H14N2O3S. The molecule has 0 bridgehead atoms. The lowest BCUT2D eigenvalue weighted by atomic mass is 10.1. The van der Waals surface area contributed by atoms with Crippen LogP contribution in [0.5, 0.6) is 5.75 Å². The summed E-state index contributed by atoms with van der Waals surface area (Å²) in [6, 6.07) is 6.50. The Kier molecular flexibility index (Phi) is 5.49. The van der Waals surface area contributed by atoms with Crippen molar-refractivity contribution in [2.45, 2.75) is 11.8 Å². The van der Waals surface area contributed by atoms with Gasteiger partial charge >= 0.3 is 5.97 Å². The number of nitriles is 1. The molecular weight excluding hydrogens is 252 g/mol. The number of hydrogen-bond donors (Lipinski definition) is 2. The molecule has 18 heavy (non-hydrogen) atoms. The van der Waals surface area contributed by atoms with E-state index in [-0.39, 0.29) is 0 Å². The summed E-state index contributed by atoms with van der Waals surface area (Å²) in [7, 11) is 1.51. The standard InChI is InChI=1S/C12H14N2O3S/c1-17-11-3-2-8(4-9(11)5-13)6-18-7-10(14)12(15)16/h2-4,10H,6-7,14H2,1H3,(H,15,16). The van der Waals surface area contributed by atoms with Gasteiger partial charge in [0.05, 0.1) is 12.7 Å². The van der Waals surface area contributed by atoms with E-state index < -0.39 is 12.0 Å². The molecule has 0 radical (unpaired) electrons. The summed E-state index contributed by atoms with van der Waals surface area (Å²) in [4.78, 5) is 10.5. The first-order valence-corrected chi connectivity index (χ1v) is 6.37. The Bertz CT molecular complexity index is 471. The number of carboxylic acids is 1. The number of hydrogen-bond acceptors (Lipinski definition) is 5. The van der Waals surface area contributed by atoms with E-state index in [2.05, 4.69) is 6.07 Å². The molecule has 5 nitrogen and oxygen atoms in total. The van der Waals surface area contributed by atoms with Gasteiger partial charge in [-0.05, 0) is 17.7 Å². The Morgan fingerprint density at radius 3 is 2.94 bits per heavy atom. The van der Waals surface area contributed by atoms with Gasteiger partial charge in [0.15, 0.2) is 0 Å². The van der Waals surface area contributed by atoms with Crippen molar-refractivity contribution in [3.8, 4) is 11.8 Å². The molecule has 0 saturated carbocycles. The molecule has 0 fully saturated rings. The molecule has 0 aromatic heterocycles. The Hall–Kier alpha value is -1.71. The molecule has 1 atom stereocenters. The van der Waals surface area contributed by atoms with Crippen molar-refractivity contribution >= 4 is 17.7 Å². The van der Waals surface area contributed by atoms with Crippen molar-refractivity contribution in [2.75, 3.05) is 12.9 Å². The lowest BCUT2D eigenvalue weighted by molar-refractivity contribution is -0.137. The normalized spacial score (nSPS) is 11.6. The molecule has 0 saturated heterocycles. The number of methoxy groups -OCH3 is 1. The Morgan fingerprint density at radius 1 is 1.67 bits per heavy atom. The summed E-state index contributed by atoms with van der Waals surface area (Å²) in [5.74, 6) is 0.478. The van der Waals surface area contributed by atoms with Crippen LogP contribution in [0.15, 0.2) is 18.2 Å². The molecule has 3 N–H and O–H groups in total. The van der Waals surface area contributed by atoms with Crippen LogP contribution < -0.4 is 10.5 Å². The number of ether oxygens (including phenoxy) is 1. The summed E-state index contributed by atoms with van der Waals surface area (Å²) >= 11 is 1.42. The van der Waals surface area contributed by atoms with Gasteiger partial charge in [-0.3, -0.25) is 4.79 Å². The summed E-state index contributed by atoms with van der Waals surface area (Å²) in [5, 5.41) is 17.6. The Morgan fingerprint density at radius 2 is 2.39 bits per heavy atom. The van der Waals surface area contributed by atoms with Gasteiger partial charge in [0, 0.05) is 11.5 Å². The molecule has 0 spiro atoms. The zero-order valence-corrected chi connectivity index (χ0v) is 10.7. The maximum Gasteiger partial charge on any atom is 0.321 e. The number of thioether (sulfide) groups is 1. The highest BCUT2D eigenvalue weighted by Crippen LogP contribution is 2.21. The minimum Gasteiger partial charge on any atom is -0.495 e. The first-order valence-electron chi connectivity index (χ1n) is 5.21. The molecule has 1 unspecified atom stereocenters. The molecule has 1 rings (SSSR count). The van der Waals surface area contributed by atoms with E-state index in [1.165, 1.54) is 18.9 Å². The largest absolute Gasteiger partial charge is 0.495 e. The van der Waals surface area contributed by atoms with Gasteiger partial charge in [0.1, 0.15) is 17.9 Å². The number of carboxylic acid groups (broad SMARTS) is 1. The van der Waals surface area contributed by atoms with E-state index in [4.69, 9.17) is 20.8 Å². The van der Waals surface area contributed by atoms with Crippen molar-refractivity contribution in [3.63, 3.8) is 0 Å². The minimum absolute atomic E-state index is 0.337. The van der Waals surface area contributed by atoms with Crippen molar-refractivity contribution in [1.82, 2.24) is 0 Å². The Labute approximate surface area is 110 Å². The maximum absolute atomic E-state index is 10.5. The third-order valence-corrected chi connectivity index (χ3v) is 3.40. The summed E-state index contributed by atoms with van der Waals surface area (Å²) in [6.07, 6.45) is 0. The molecule has 0 aliphatic carbocycles. The predicted octanol–water partition coefficient (Wildman–Crippen LogP) is 1.21. The van der Waals surface area contributed by atoms with Crippen LogP contribution in [0.4, 0.5) is 0 Å². The van der Waals surface area contributed by atoms with Crippen LogP contribution in [-0.4, -0.2) is 30.0 Å². The van der Waals surface area contributed by atoms with Gasteiger partial charge in [-0.2, -0.15) is 17.0 Å². The molecule has 0 amide bonds. The highest BCUT2D eigenvalue weighted by molar-refractivity contribution is 7.98. The van der Waals surface area contributed by atoms with Crippen molar-refractivity contribution in [3.05, 3.63) is 29.3 Å². The average Bonchev–Trinajstić information content (AvgIpc) is 2.38. The molecule has 0 aliphatic rings. The van der Waals surface area contributed by atoms with Gasteiger partial charge in [0.25, 0.3) is 0 Å². The van der Waals surface area contributed by atoms with E-state index in [1.807, 2.05) is 6.07 Å². The number of nitrogens with two attached hydrogens (primary N) is 1. The molecule has 0 heterocycles. The van der Waals surface area contributed by atoms with E-state index in [9.17, 15) is 4.79 Å². The fourth-order valence-electron chi connectivity index (χ4n) is 1.31. The second-order valence-corrected chi connectivity index (χ2v) is 4.64. The van der Waals surface area contributed by atoms with Crippen LogP contribution >= 0.6 is 11.8 Å². The highest BCUT2D eigenvalue weighted by Gasteiger charge is 2.11. The van der Waals surface area contributed by atoms with Crippen molar-refractivity contribution < 1.29 is 14.6 Å². The zero-order chi connectivity index (χ0) is 13.5. The SMILES string of the molecule is COc1ccc(CSCC(N)C(=O)O)cc1C#N. The monoisotopic (exact) mass is 266 g/mol. The smallest absolute Gasteiger partial charge is 0.321 e. The van der Waals surface area contributed by atoms with Crippen LogP contribution in [-0.2, 0) is 10.5 Å². The second kappa shape index (κ2) is 6.89. The number of benzene rings is 1. The topological polar surface area (TPSA) is 96.3 Å². The quantitative estimate of drug-likeness (QED) is 0.803. The minimum atomic E-state index is -1.00. The average molecular weight is 266 g/mol. The number of carbonyl (C=O) groups is 1. The summed E-state index contributed by atoms with van der Waals surface area (Å²) in [6.45, 7) is 0. The van der Waals surface area contributed by atoms with Gasteiger partial charge in [0.2, 0.25) is 0 Å². The fourth-order valence-corrected chi connectivity index (χ4v) is 2.24. The third-order valence-electron chi connectivity index (χ3n) is 2.27. The highest BCUT2D eigenvalue weighted by atomic mass is 32.2. The van der Waals surface area contributed by atoms with Gasteiger partial charge in [-0.1, -0.05) is 6.07 Å². The third kappa shape index (κ3) is 3.95. The first-order chi connectivity index (χ1) is 8.58. The maximum atomic E-state index is 10.5. The van der Waals surface area contributed by atoms with E-state index in [1.54, 1.807) is 12.1 Å². The molecule has 6 heteroatoms. The summed E-state index contributed by atoms with van der Waals surface area (Å²) in [5.41, 5.74) is 6.80. The predicted molar refractivity (Wildman–Crippen MR) is 69.5 cm³/mol. The van der Waals surface area contributed by atoms with Crippen LogP contribution in [0.2, 0.25) is 0 Å². The number of nitrogens with zero attached hydrogens (tertiary/aromatic N) is 1. The fraction of sp³-hybridized carbons (Fsp3) is 0.333. The van der Waals surface area contributed by atoms with E-state index in [0.717, 1.165) is 5.56 Å². The molecule has 96 valence electrons. The number of rotatable bonds is 6. The van der Waals surface area contributed by atoms with E-state index >= 15 is 0 Å². The lowest BCUT2D eigenvalue weighted by Gasteiger charge is -2.07.